The minimum Gasteiger partial charge on any atom is -0.368 e. The van der Waals surface area contributed by atoms with Crippen molar-refractivity contribution in [3.63, 3.8) is 0 Å². The normalized spacial score (nSPS) is 22.7. The molecule has 94 valence electrons. The molecule has 1 atom stereocenters. The van der Waals surface area contributed by atoms with Crippen LogP contribution in [0.25, 0.3) is 0 Å². The van der Waals surface area contributed by atoms with Crippen LogP contribution < -0.4 is 5.01 Å². The molecule has 18 heavy (non-hydrogen) atoms. The number of benzene rings is 1. The van der Waals surface area contributed by atoms with E-state index in [9.17, 15) is 9.90 Å². The van der Waals surface area contributed by atoms with Crippen molar-refractivity contribution in [2.24, 2.45) is 0 Å². The molecule has 2 aliphatic heterocycles. The summed E-state index contributed by atoms with van der Waals surface area (Å²) in [5, 5.41) is 13.4. The zero-order chi connectivity index (χ0) is 12.7. The Hall–Kier alpha value is -1.52. The van der Waals surface area contributed by atoms with E-state index in [0.717, 1.165) is 30.8 Å². The van der Waals surface area contributed by atoms with Crippen LogP contribution in [0, 0.1) is 0 Å². The molecule has 1 N–H and O–H groups in total. The SMILES string of the molecule is O=C(Cl)C1=C2CCCN2N(c2ccccc2)C1O. The quantitative estimate of drug-likeness (QED) is 0.828. The number of aliphatic hydroxyl groups excluding tert-OH is 1. The van der Waals surface area contributed by atoms with Gasteiger partial charge >= 0.3 is 0 Å². The van der Waals surface area contributed by atoms with Crippen molar-refractivity contribution >= 4 is 22.5 Å². The van der Waals surface area contributed by atoms with E-state index < -0.39 is 11.5 Å². The van der Waals surface area contributed by atoms with Crippen molar-refractivity contribution in [1.82, 2.24) is 5.01 Å². The summed E-state index contributed by atoms with van der Waals surface area (Å²) >= 11 is 5.59. The minimum absolute atomic E-state index is 0.318. The highest BCUT2D eigenvalue weighted by molar-refractivity contribution is 6.68. The molecule has 3 rings (SSSR count). The Balaban J connectivity index is 2.03. The van der Waals surface area contributed by atoms with Crippen LogP contribution >= 0.6 is 11.6 Å². The van der Waals surface area contributed by atoms with Crippen molar-refractivity contribution in [3.05, 3.63) is 41.6 Å². The van der Waals surface area contributed by atoms with E-state index in [1.807, 2.05) is 35.3 Å². The molecule has 0 aliphatic carbocycles. The van der Waals surface area contributed by atoms with Crippen LogP contribution in [0.5, 0.6) is 0 Å². The predicted molar refractivity (Wildman–Crippen MR) is 68.8 cm³/mol. The first-order valence-corrected chi connectivity index (χ1v) is 6.30. The summed E-state index contributed by atoms with van der Waals surface area (Å²) < 4.78 is 0. The summed E-state index contributed by atoms with van der Waals surface area (Å²) in [4.78, 5) is 11.5. The number of allylic oxidation sites excluding steroid dienone is 1. The molecule has 1 aromatic rings. The largest absolute Gasteiger partial charge is 0.368 e. The fourth-order valence-electron chi connectivity index (χ4n) is 2.65. The lowest BCUT2D eigenvalue weighted by Gasteiger charge is -2.32. The number of halogens is 1. The van der Waals surface area contributed by atoms with Gasteiger partial charge in [0.25, 0.3) is 5.24 Å². The second-order valence-corrected chi connectivity index (χ2v) is 4.76. The molecule has 0 amide bonds. The van der Waals surface area contributed by atoms with E-state index in [4.69, 9.17) is 11.6 Å². The van der Waals surface area contributed by atoms with Crippen LogP contribution in [-0.4, -0.2) is 28.1 Å². The first-order valence-electron chi connectivity index (χ1n) is 5.93. The summed E-state index contributed by atoms with van der Waals surface area (Å²) in [7, 11) is 0. The van der Waals surface area contributed by atoms with E-state index in [1.165, 1.54) is 0 Å². The molecule has 0 saturated carbocycles. The number of hydrogen-bond acceptors (Lipinski definition) is 4. The van der Waals surface area contributed by atoms with Gasteiger partial charge in [-0.2, -0.15) is 0 Å². The van der Waals surface area contributed by atoms with Crippen LogP contribution in [0.1, 0.15) is 12.8 Å². The average Bonchev–Trinajstić information content (AvgIpc) is 2.88. The maximum atomic E-state index is 11.5. The van der Waals surface area contributed by atoms with Gasteiger partial charge in [-0.15, -0.1) is 0 Å². The lowest BCUT2D eigenvalue weighted by Crippen LogP contribution is -2.42. The highest BCUT2D eigenvalue weighted by atomic mass is 35.5. The Morgan fingerprint density at radius 2 is 2.06 bits per heavy atom. The molecule has 0 aromatic heterocycles. The minimum atomic E-state index is -0.979. The summed E-state index contributed by atoms with van der Waals surface area (Å²) in [6.45, 7) is 0.801. The molecule has 2 aliphatic rings. The van der Waals surface area contributed by atoms with Gasteiger partial charge in [0, 0.05) is 12.2 Å². The number of anilines is 1. The first kappa shape index (κ1) is 11.6. The topological polar surface area (TPSA) is 43.8 Å². The Morgan fingerprint density at radius 3 is 2.72 bits per heavy atom. The summed E-state index contributed by atoms with van der Waals surface area (Å²) in [6.07, 6.45) is 0.778. The Morgan fingerprint density at radius 1 is 1.33 bits per heavy atom. The molecule has 1 fully saturated rings. The van der Waals surface area contributed by atoms with Gasteiger partial charge in [0.2, 0.25) is 0 Å². The lowest BCUT2D eigenvalue weighted by molar-refractivity contribution is -0.109. The molecule has 0 bridgehead atoms. The van der Waals surface area contributed by atoms with Crippen LogP contribution in [0.15, 0.2) is 41.6 Å². The second kappa shape index (κ2) is 4.30. The predicted octanol–water partition coefficient (Wildman–Crippen LogP) is 1.86. The van der Waals surface area contributed by atoms with Crippen LogP contribution in [-0.2, 0) is 4.79 Å². The molecule has 0 spiro atoms. The molecule has 1 aromatic carbocycles. The summed E-state index contributed by atoms with van der Waals surface area (Å²) in [6, 6.07) is 9.52. The van der Waals surface area contributed by atoms with E-state index in [2.05, 4.69) is 0 Å². The number of hydrazine groups is 1. The van der Waals surface area contributed by atoms with Crippen LogP contribution in [0.2, 0.25) is 0 Å². The number of fused-ring (bicyclic) bond motifs is 1. The number of aliphatic hydroxyl groups is 1. The van der Waals surface area contributed by atoms with Gasteiger partial charge in [0.15, 0.2) is 6.23 Å². The lowest BCUT2D eigenvalue weighted by atomic mass is 10.1. The standard InChI is InChI=1S/C13H13ClN2O2/c14-12(17)11-10-7-4-8-15(10)16(13(11)18)9-5-2-1-3-6-9/h1-3,5-6,13,18H,4,7-8H2. The van der Waals surface area contributed by atoms with Gasteiger partial charge in [-0.25, -0.2) is 0 Å². The molecule has 4 nitrogen and oxygen atoms in total. The van der Waals surface area contributed by atoms with Crippen molar-refractivity contribution in [2.75, 3.05) is 11.6 Å². The maximum absolute atomic E-state index is 11.5. The van der Waals surface area contributed by atoms with Crippen molar-refractivity contribution in [2.45, 2.75) is 19.1 Å². The first-order chi connectivity index (χ1) is 8.70. The molecule has 0 radical (unpaired) electrons. The smallest absolute Gasteiger partial charge is 0.254 e. The number of para-hydroxylation sites is 1. The molecule has 1 unspecified atom stereocenters. The van der Waals surface area contributed by atoms with Gasteiger partial charge in [-0.05, 0) is 36.6 Å². The molecule has 5 heteroatoms. The summed E-state index contributed by atoms with van der Waals surface area (Å²) in [5.41, 5.74) is 2.03. The monoisotopic (exact) mass is 264 g/mol. The van der Waals surface area contributed by atoms with Crippen molar-refractivity contribution < 1.29 is 9.90 Å². The Kier molecular flexibility index (Phi) is 2.76. The number of carbonyl (C=O) groups excluding carboxylic acids is 1. The van der Waals surface area contributed by atoms with E-state index in [0.29, 0.717) is 5.57 Å². The molecule has 1 saturated heterocycles. The highest BCUT2D eigenvalue weighted by Gasteiger charge is 2.42. The third-order valence-electron chi connectivity index (χ3n) is 3.39. The molecule has 2 heterocycles. The van der Waals surface area contributed by atoms with Gasteiger partial charge in [-0.3, -0.25) is 14.8 Å². The molecular formula is C13H13ClN2O2. The van der Waals surface area contributed by atoms with Gasteiger partial charge in [0.1, 0.15) is 0 Å². The number of nitrogens with zero attached hydrogens (tertiary/aromatic N) is 2. The average molecular weight is 265 g/mol. The van der Waals surface area contributed by atoms with Crippen LogP contribution in [0.3, 0.4) is 0 Å². The third-order valence-corrected chi connectivity index (χ3v) is 3.59. The maximum Gasteiger partial charge on any atom is 0.254 e. The van der Waals surface area contributed by atoms with E-state index in [1.54, 1.807) is 5.01 Å². The number of rotatable bonds is 2. The Labute approximate surface area is 110 Å². The summed E-state index contributed by atoms with van der Waals surface area (Å²) in [5.74, 6) is 0. The zero-order valence-corrected chi connectivity index (χ0v) is 10.5. The number of carbonyl (C=O) groups is 1. The fraction of sp³-hybridized carbons (Fsp3) is 0.308. The third kappa shape index (κ3) is 1.61. The van der Waals surface area contributed by atoms with Crippen LogP contribution in [0.4, 0.5) is 5.69 Å². The van der Waals surface area contributed by atoms with Gasteiger partial charge in [0.05, 0.1) is 11.3 Å². The number of hydrogen-bond donors (Lipinski definition) is 1. The van der Waals surface area contributed by atoms with Crippen molar-refractivity contribution in [3.8, 4) is 0 Å². The van der Waals surface area contributed by atoms with E-state index >= 15 is 0 Å². The van der Waals surface area contributed by atoms with Gasteiger partial charge in [-0.1, -0.05) is 18.2 Å². The highest BCUT2D eigenvalue weighted by Crippen LogP contribution is 2.39. The second-order valence-electron chi connectivity index (χ2n) is 4.41. The zero-order valence-electron chi connectivity index (χ0n) is 9.71. The molecular weight excluding hydrogens is 252 g/mol. The van der Waals surface area contributed by atoms with Gasteiger partial charge < -0.3 is 5.11 Å². The van der Waals surface area contributed by atoms with Crippen molar-refractivity contribution in [1.29, 1.82) is 0 Å². The van der Waals surface area contributed by atoms with E-state index in [-0.39, 0.29) is 0 Å². The fourth-order valence-corrected chi connectivity index (χ4v) is 2.86. The Bertz CT molecular complexity index is 515.